The summed E-state index contributed by atoms with van der Waals surface area (Å²) in [6, 6.07) is 21.7. The molecule has 1 unspecified atom stereocenters. The Bertz CT molecular complexity index is 1290. The van der Waals surface area contributed by atoms with Crippen molar-refractivity contribution >= 4 is 34.2 Å². The Morgan fingerprint density at radius 2 is 1.77 bits per heavy atom. The number of amides is 2. The van der Waals surface area contributed by atoms with E-state index in [0.29, 0.717) is 29.6 Å². The first-order chi connectivity index (χ1) is 19.5. The molecule has 2 aliphatic rings. The highest BCUT2D eigenvalue weighted by molar-refractivity contribution is 6.31. The molecule has 6 nitrogen and oxygen atoms in total. The lowest BCUT2D eigenvalue weighted by Crippen LogP contribution is -2.50. The molecule has 2 fully saturated rings. The average molecular weight is 561 g/mol. The van der Waals surface area contributed by atoms with E-state index in [4.69, 9.17) is 11.6 Å². The minimum atomic E-state index is -0.247. The van der Waals surface area contributed by atoms with Crippen LogP contribution in [0.3, 0.4) is 0 Å². The maximum Gasteiger partial charge on any atom is 0.251 e. The lowest BCUT2D eigenvalue weighted by Gasteiger charge is -2.29. The van der Waals surface area contributed by atoms with E-state index in [0.717, 1.165) is 56.2 Å². The number of carbonyl (C=O) groups excluding carboxylic acids is 2. The van der Waals surface area contributed by atoms with Crippen LogP contribution >= 0.6 is 11.6 Å². The lowest BCUT2D eigenvalue weighted by atomic mass is 9.95. The van der Waals surface area contributed by atoms with E-state index in [1.54, 1.807) is 0 Å². The van der Waals surface area contributed by atoms with Crippen molar-refractivity contribution in [1.82, 2.24) is 20.4 Å². The molecule has 2 heterocycles. The van der Waals surface area contributed by atoms with Gasteiger partial charge in [0.1, 0.15) is 0 Å². The third-order valence-electron chi connectivity index (χ3n) is 8.50. The molecule has 3 atom stereocenters. The van der Waals surface area contributed by atoms with Crippen molar-refractivity contribution in [2.45, 2.75) is 57.0 Å². The molecule has 2 N–H and O–H groups in total. The Hall–Kier alpha value is -2.93. The van der Waals surface area contributed by atoms with E-state index >= 15 is 0 Å². The van der Waals surface area contributed by atoms with Crippen molar-refractivity contribution in [3.63, 3.8) is 0 Å². The quantitative estimate of drug-likeness (QED) is 0.345. The van der Waals surface area contributed by atoms with Crippen LogP contribution in [0.1, 0.15) is 60.9 Å². The number of fused-ring (bicyclic) bond motifs is 1. The molecule has 5 rings (SSSR count). The fourth-order valence-corrected chi connectivity index (χ4v) is 6.27. The molecule has 212 valence electrons. The number of likely N-dealkylation sites (tertiary alicyclic amines) is 1. The Balaban J connectivity index is 1.25. The van der Waals surface area contributed by atoms with Crippen LogP contribution in [-0.2, 0) is 4.79 Å². The van der Waals surface area contributed by atoms with Gasteiger partial charge in [0.25, 0.3) is 5.91 Å². The topological polar surface area (TPSA) is 64.7 Å². The Labute approximate surface area is 243 Å². The molecule has 0 bridgehead atoms. The highest BCUT2D eigenvalue weighted by Crippen LogP contribution is 2.24. The molecule has 3 aromatic carbocycles. The SMILES string of the molecule is CC[C@H](CN1CC[C@@H](CNC(=O)c2ccc3cc(Cl)ccc3c2)NC(CCN2CCCC2)C1=O)c1ccccc1. The van der Waals surface area contributed by atoms with Crippen molar-refractivity contribution in [2.75, 3.05) is 39.3 Å². The highest BCUT2D eigenvalue weighted by Gasteiger charge is 2.32. The zero-order valence-corrected chi connectivity index (χ0v) is 24.2. The number of benzene rings is 3. The monoisotopic (exact) mass is 560 g/mol. The van der Waals surface area contributed by atoms with Gasteiger partial charge in [0, 0.05) is 48.7 Å². The normalized spacial score (nSPS) is 20.9. The van der Waals surface area contributed by atoms with Gasteiger partial charge in [-0.2, -0.15) is 0 Å². The molecule has 3 aromatic rings. The van der Waals surface area contributed by atoms with Crippen LogP contribution in [0.5, 0.6) is 0 Å². The van der Waals surface area contributed by atoms with Gasteiger partial charge < -0.3 is 20.4 Å². The molecule has 0 aromatic heterocycles. The Kier molecular flexibility index (Phi) is 9.74. The summed E-state index contributed by atoms with van der Waals surface area (Å²) in [6.07, 6.45) is 5.05. The number of halogens is 1. The van der Waals surface area contributed by atoms with Gasteiger partial charge in [-0.1, -0.05) is 61.0 Å². The van der Waals surface area contributed by atoms with Gasteiger partial charge in [0.2, 0.25) is 5.91 Å². The third-order valence-corrected chi connectivity index (χ3v) is 8.74. The molecule has 2 saturated heterocycles. The minimum absolute atomic E-state index is 0.0255. The number of carbonyl (C=O) groups is 2. The maximum atomic E-state index is 13.8. The average Bonchev–Trinajstić information content (AvgIpc) is 3.46. The molecule has 0 spiro atoms. The van der Waals surface area contributed by atoms with Gasteiger partial charge in [-0.3, -0.25) is 9.59 Å². The molecule has 2 aliphatic heterocycles. The van der Waals surface area contributed by atoms with Gasteiger partial charge >= 0.3 is 0 Å². The van der Waals surface area contributed by atoms with Crippen molar-refractivity contribution in [3.8, 4) is 0 Å². The number of hydrogen-bond acceptors (Lipinski definition) is 4. The number of nitrogens with zero attached hydrogens (tertiary/aromatic N) is 2. The van der Waals surface area contributed by atoms with Crippen molar-refractivity contribution in [2.24, 2.45) is 0 Å². The van der Waals surface area contributed by atoms with Crippen molar-refractivity contribution in [1.29, 1.82) is 0 Å². The molecule has 2 amide bonds. The summed E-state index contributed by atoms with van der Waals surface area (Å²) >= 11 is 6.11. The summed E-state index contributed by atoms with van der Waals surface area (Å²) in [4.78, 5) is 31.5. The minimum Gasteiger partial charge on any atom is -0.350 e. The number of rotatable bonds is 10. The van der Waals surface area contributed by atoms with Crippen LogP contribution < -0.4 is 10.6 Å². The van der Waals surface area contributed by atoms with E-state index in [1.807, 2.05) is 42.5 Å². The summed E-state index contributed by atoms with van der Waals surface area (Å²) in [5.41, 5.74) is 1.91. The molecular weight excluding hydrogens is 520 g/mol. The Morgan fingerprint density at radius 3 is 2.55 bits per heavy atom. The van der Waals surface area contributed by atoms with Gasteiger partial charge in [-0.25, -0.2) is 0 Å². The second-order valence-electron chi connectivity index (χ2n) is 11.3. The van der Waals surface area contributed by atoms with Crippen LogP contribution in [0.25, 0.3) is 10.8 Å². The zero-order chi connectivity index (χ0) is 27.9. The number of nitrogens with one attached hydrogen (secondary N) is 2. The van der Waals surface area contributed by atoms with Crippen molar-refractivity contribution in [3.05, 3.63) is 82.9 Å². The summed E-state index contributed by atoms with van der Waals surface area (Å²) in [6.45, 7) is 7.25. The summed E-state index contributed by atoms with van der Waals surface area (Å²) < 4.78 is 0. The summed E-state index contributed by atoms with van der Waals surface area (Å²) in [5, 5.41) is 9.45. The highest BCUT2D eigenvalue weighted by atomic mass is 35.5. The molecule has 0 saturated carbocycles. The largest absolute Gasteiger partial charge is 0.350 e. The first-order valence-corrected chi connectivity index (χ1v) is 15.2. The van der Waals surface area contributed by atoms with Crippen molar-refractivity contribution < 1.29 is 9.59 Å². The van der Waals surface area contributed by atoms with E-state index in [9.17, 15) is 9.59 Å². The van der Waals surface area contributed by atoms with Gasteiger partial charge in [0.15, 0.2) is 0 Å². The second kappa shape index (κ2) is 13.6. The smallest absolute Gasteiger partial charge is 0.251 e. The van der Waals surface area contributed by atoms with E-state index in [2.05, 4.69) is 51.6 Å². The fourth-order valence-electron chi connectivity index (χ4n) is 6.09. The first kappa shape index (κ1) is 28.6. The first-order valence-electron chi connectivity index (χ1n) is 14.8. The van der Waals surface area contributed by atoms with E-state index < -0.39 is 0 Å². The predicted molar refractivity (Wildman–Crippen MR) is 163 cm³/mol. The predicted octanol–water partition coefficient (Wildman–Crippen LogP) is 5.46. The molecular formula is C33H41ClN4O2. The fraction of sp³-hybridized carbons (Fsp3) is 0.455. The number of hydrogen-bond donors (Lipinski definition) is 2. The van der Waals surface area contributed by atoms with Crippen LogP contribution in [0.15, 0.2) is 66.7 Å². The molecule has 40 heavy (non-hydrogen) atoms. The standard InChI is InChI=1S/C33H41ClN4O2/c1-2-24(25-8-4-3-5-9-25)23-38-19-14-30(36-31(33(38)40)15-18-37-16-6-7-17-37)22-35-32(39)28-11-10-27-21-29(34)13-12-26(27)20-28/h3-5,8-13,20-21,24,30-31,36H,2,6-7,14-19,22-23H2,1H3,(H,35,39)/t24-,30+,31?/m1/s1. The Morgan fingerprint density at radius 1 is 1.02 bits per heavy atom. The van der Waals surface area contributed by atoms with E-state index in [1.165, 1.54) is 18.4 Å². The van der Waals surface area contributed by atoms with Gasteiger partial charge in [-0.15, -0.1) is 0 Å². The lowest BCUT2D eigenvalue weighted by molar-refractivity contribution is -0.133. The molecule has 0 radical (unpaired) electrons. The molecule has 7 heteroatoms. The van der Waals surface area contributed by atoms with Crippen LogP contribution in [0.4, 0.5) is 0 Å². The van der Waals surface area contributed by atoms with Gasteiger partial charge in [0.05, 0.1) is 6.04 Å². The van der Waals surface area contributed by atoms with Crippen LogP contribution in [0, 0.1) is 0 Å². The zero-order valence-electron chi connectivity index (χ0n) is 23.4. The summed E-state index contributed by atoms with van der Waals surface area (Å²) in [7, 11) is 0. The van der Waals surface area contributed by atoms with Crippen LogP contribution in [-0.4, -0.2) is 73.0 Å². The van der Waals surface area contributed by atoms with E-state index in [-0.39, 0.29) is 23.9 Å². The molecule has 0 aliphatic carbocycles. The second-order valence-corrected chi connectivity index (χ2v) is 11.7. The summed E-state index contributed by atoms with van der Waals surface area (Å²) in [5.74, 6) is 0.397. The maximum absolute atomic E-state index is 13.8. The van der Waals surface area contributed by atoms with Crippen LogP contribution in [0.2, 0.25) is 5.02 Å². The van der Waals surface area contributed by atoms with Gasteiger partial charge in [-0.05, 0) is 85.8 Å². The third kappa shape index (κ3) is 7.22.